The third-order valence-electron chi connectivity index (χ3n) is 2.62. The normalized spacial score (nSPS) is 10.9. The Morgan fingerprint density at radius 2 is 1.86 bits per heavy atom. The van der Waals surface area contributed by atoms with E-state index < -0.39 is 5.91 Å². The Bertz CT molecular complexity index is 764. The fourth-order valence-electron chi connectivity index (χ4n) is 1.52. The number of benzene rings is 1. The molecule has 1 amide bonds. The van der Waals surface area contributed by atoms with Crippen LogP contribution in [0.2, 0.25) is 20.2 Å². The SMILES string of the molecule is Nc1c(Cl)c(Cl)[nH+]c(C(=O)N/N=C\c2ccccc2Cl)c1Cl. The summed E-state index contributed by atoms with van der Waals surface area (Å²) in [7, 11) is 0. The van der Waals surface area contributed by atoms with E-state index in [0.717, 1.165) is 0 Å². The lowest BCUT2D eigenvalue weighted by Crippen LogP contribution is -2.28. The molecule has 0 bridgehead atoms. The fraction of sp³-hybridized carbons (Fsp3) is 0. The van der Waals surface area contributed by atoms with Gasteiger partial charge in [0.25, 0.3) is 10.8 Å². The summed E-state index contributed by atoms with van der Waals surface area (Å²) < 4.78 is 0. The maximum atomic E-state index is 12.0. The molecule has 0 aliphatic carbocycles. The molecule has 9 heteroatoms. The molecule has 0 saturated carbocycles. The van der Waals surface area contributed by atoms with Crippen molar-refractivity contribution < 1.29 is 9.78 Å². The van der Waals surface area contributed by atoms with Crippen molar-refractivity contribution in [3.8, 4) is 0 Å². The van der Waals surface area contributed by atoms with Crippen molar-refractivity contribution in [2.24, 2.45) is 5.10 Å². The number of carbonyl (C=O) groups excluding carboxylic acids is 1. The highest BCUT2D eigenvalue weighted by Crippen LogP contribution is 2.31. The molecule has 22 heavy (non-hydrogen) atoms. The van der Waals surface area contributed by atoms with E-state index in [2.05, 4.69) is 15.5 Å². The molecule has 0 radical (unpaired) electrons. The standard InChI is InChI=1S/C13H8Cl4N4O/c14-7-4-2-1-3-6(7)5-19-21-13(22)11-8(15)10(18)9(16)12(17)20-11/h1-5H,(H2,18,20)(H,21,22)/p+1/b19-5-. The van der Waals surface area contributed by atoms with Gasteiger partial charge in [0.2, 0.25) is 0 Å². The summed E-state index contributed by atoms with van der Waals surface area (Å²) >= 11 is 23.6. The van der Waals surface area contributed by atoms with Crippen molar-refractivity contribution in [2.75, 3.05) is 5.73 Å². The minimum absolute atomic E-state index is 0.00352. The van der Waals surface area contributed by atoms with Gasteiger partial charge in [0.15, 0.2) is 0 Å². The van der Waals surface area contributed by atoms with Crippen LogP contribution in [0.25, 0.3) is 0 Å². The van der Waals surface area contributed by atoms with Crippen LogP contribution in [-0.2, 0) is 0 Å². The first-order valence-electron chi connectivity index (χ1n) is 5.85. The van der Waals surface area contributed by atoms with Crippen LogP contribution in [0.3, 0.4) is 0 Å². The lowest BCUT2D eigenvalue weighted by atomic mass is 10.2. The molecule has 1 heterocycles. The van der Waals surface area contributed by atoms with Gasteiger partial charge in [0, 0.05) is 10.6 Å². The molecular weight excluding hydrogens is 370 g/mol. The van der Waals surface area contributed by atoms with E-state index in [1.165, 1.54) is 6.21 Å². The van der Waals surface area contributed by atoms with Crippen molar-refractivity contribution in [1.82, 2.24) is 5.43 Å². The Kier molecular flexibility index (Phi) is 5.47. The van der Waals surface area contributed by atoms with E-state index in [1.54, 1.807) is 24.3 Å². The number of nitrogen functional groups attached to an aromatic ring is 1. The molecule has 0 fully saturated rings. The van der Waals surface area contributed by atoms with Crippen LogP contribution in [-0.4, -0.2) is 12.1 Å². The molecule has 2 rings (SSSR count). The average Bonchev–Trinajstić information content (AvgIpc) is 2.50. The quantitative estimate of drug-likeness (QED) is 0.487. The topological polar surface area (TPSA) is 81.6 Å². The number of hydrogen-bond acceptors (Lipinski definition) is 3. The predicted octanol–water partition coefficient (Wildman–Crippen LogP) is 3.46. The number of hydrogen-bond donors (Lipinski definition) is 2. The second kappa shape index (κ2) is 7.15. The number of pyridine rings is 1. The van der Waals surface area contributed by atoms with E-state index in [4.69, 9.17) is 52.1 Å². The van der Waals surface area contributed by atoms with Gasteiger partial charge in [-0.25, -0.2) is 5.43 Å². The maximum absolute atomic E-state index is 12.0. The first-order valence-corrected chi connectivity index (χ1v) is 7.36. The van der Waals surface area contributed by atoms with Gasteiger partial charge in [0.1, 0.15) is 10.0 Å². The molecular formula is C13H9Cl4N4O+. The Labute approximate surface area is 146 Å². The van der Waals surface area contributed by atoms with Crippen LogP contribution in [0.5, 0.6) is 0 Å². The van der Waals surface area contributed by atoms with Crippen LogP contribution < -0.4 is 16.1 Å². The van der Waals surface area contributed by atoms with Crippen LogP contribution >= 0.6 is 46.4 Å². The number of aromatic amines is 1. The number of nitrogens with one attached hydrogen (secondary N) is 2. The number of aromatic nitrogens is 1. The van der Waals surface area contributed by atoms with Gasteiger partial charge < -0.3 is 5.73 Å². The van der Waals surface area contributed by atoms with Gasteiger partial charge in [0.05, 0.1) is 11.9 Å². The number of hydrazone groups is 1. The summed E-state index contributed by atoms with van der Waals surface area (Å²) in [6.45, 7) is 0. The largest absolute Gasteiger partial charge is 0.396 e. The zero-order valence-corrected chi connectivity index (χ0v) is 13.9. The molecule has 5 nitrogen and oxygen atoms in total. The Balaban J connectivity index is 2.19. The second-order valence-electron chi connectivity index (χ2n) is 4.08. The highest BCUT2D eigenvalue weighted by Gasteiger charge is 2.25. The molecule has 114 valence electrons. The number of rotatable bonds is 3. The molecule has 4 N–H and O–H groups in total. The van der Waals surface area contributed by atoms with Crippen molar-refractivity contribution in [3.05, 3.63) is 55.7 Å². The van der Waals surface area contributed by atoms with Crippen molar-refractivity contribution >= 4 is 64.2 Å². The zero-order chi connectivity index (χ0) is 16.3. The molecule has 0 unspecified atom stereocenters. The molecule has 1 aromatic carbocycles. The van der Waals surface area contributed by atoms with E-state index in [1.807, 2.05) is 0 Å². The van der Waals surface area contributed by atoms with Gasteiger partial charge >= 0.3 is 5.91 Å². The first kappa shape index (κ1) is 16.8. The lowest BCUT2D eigenvalue weighted by Gasteiger charge is -2.02. The maximum Gasteiger partial charge on any atom is 0.337 e. The highest BCUT2D eigenvalue weighted by atomic mass is 35.5. The van der Waals surface area contributed by atoms with E-state index >= 15 is 0 Å². The van der Waals surface area contributed by atoms with Crippen LogP contribution in [0.4, 0.5) is 5.69 Å². The monoisotopic (exact) mass is 377 g/mol. The number of nitrogens with zero attached hydrogens (tertiary/aromatic N) is 1. The van der Waals surface area contributed by atoms with Crippen molar-refractivity contribution in [1.29, 1.82) is 0 Å². The fourth-order valence-corrected chi connectivity index (χ4v) is 2.32. The van der Waals surface area contributed by atoms with E-state index in [9.17, 15) is 4.79 Å². The molecule has 0 aliphatic rings. The van der Waals surface area contributed by atoms with Gasteiger partial charge in [-0.2, -0.15) is 10.1 Å². The molecule has 0 aliphatic heterocycles. The minimum atomic E-state index is -0.626. The number of amides is 1. The molecule has 0 spiro atoms. The number of halogens is 4. The third-order valence-corrected chi connectivity index (χ3v) is 4.13. The van der Waals surface area contributed by atoms with Crippen LogP contribution in [0.15, 0.2) is 29.4 Å². The average molecular weight is 379 g/mol. The molecule has 2 aromatic rings. The Morgan fingerprint density at radius 1 is 1.18 bits per heavy atom. The summed E-state index contributed by atoms with van der Waals surface area (Å²) in [5.74, 6) is -0.626. The number of H-pyrrole nitrogens is 1. The number of anilines is 1. The summed E-state index contributed by atoms with van der Waals surface area (Å²) in [5.41, 5.74) is 8.55. The molecule has 1 aromatic heterocycles. The Hall–Kier alpha value is -1.53. The first-order chi connectivity index (χ1) is 10.4. The molecule has 0 atom stereocenters. The van der Waals surface area contributed by atoms with Crippen LogP contribution in [0, 0.1) is 0 Å². The second-order valence-corrected chi connectivity index (χ2v) is 5.62. The summed E-state index contributed by atoms with van der Waals surface area (Å²) in [4.78, 5) is 14.6. The van der Waals surface area contributed by atoms with E-state index in [-0.39, 0.29) is 26.6 Å². The Morgan fingerprint density at radius 3 is 2.55 bits per heavy atom. The predicted molar refractivity (Wildman–Crippen MR) is 89.0 cm³/mol. The zero-order valence-electron chi connectivity index (χ0n) is 10.8. The van der Waals surface area contributed by atoms with Crippen molar-refractivity contribution in [3.63, 3.8) is 0 Å². The van der Waals surface area contributed by atoms with Gasteiger partial charge in [-0.3, -0.25) is 4.79 Å². The van der Waals surface area contributed by atoms with Gasteiger partial charge in [-0.1, -0.05) is 53.0 Å². The summed E-state index contributed by atoms with van der Waals surface area (Å²) in [6.07, 6.45) is 1.40. The van der Waals surface area contributed by atoms with Crippen LogP contribution in [0.1, 0.15) is 16.1 Å². The molecule has 0 saturated heterocycles. The van der Waals surface area contributed by atoms with E-state index in [0.29, 0.717) is 10.6 Å². The summed E-state index contributed by atoms with van der Waals surface area (Å²) in [6, 6.07) is 7.02. The summed E-state index contributed by atoms with van der Waals surface area (Å²) in [5, 5.41) is 4.31. The highest BCUT2D eigenvalue weighted by molar-refractivity contribution is 6.45. The lowest BCUT2D eigenvalue weighted by molar-refractivity contribution is -0.379. The number of carbonyl (C=O) groups is 1. The van der Waals surface area contributed by atoms with Gasteiger partial charge in [-0.15, -0.1) is 0 Å². The van der Waals surface area contributed by atoms with Crippen molar-refractivity contribution in [2.45, 2.75) is 0 Å². The minimum Gasteiger partial charge on any atom is -0.396 e. The smallest absolute Gasteiger partial charge is 0.337 e. The number of nitrogens with two attached hydrogens (primary N) is 1. The van der Waals surface area contributed by atoms with Gasteiger partial charge in [-0.05, 0) is 17.7 Å². The third kappa shape index (κ3) is 3.62.